The van der Waals surface area contributed by atoms with E-state index in [1.807, 2.05) is 35.2 Å². The number of halogens is 1. The maximum atomic E-state index is 13.4. The Bertz CT molecular complexity index is 1100. The predicted octanol–water partition coefficient (Wildman–Crippen LogP) is 4.62. The van der Waals surface area contributed by atoms with Crippen LogP contribution in [-0.2, 0) is 5.41 Å². The number of carbonyl (C=O) groups is 1. The lowest BCUT2D eigenvalue weighted by Crippen LogP contribution is -2.48. The summed E-state index contributed by atoms with van der Waals surface area (Å²) >= 11 is 6.12. The van der Waals surface area contributed by atoms with Crippen molar-refractivity contribution in [3.63, 3.8) is 0 Å². The molecular weight excluding hydrogens is 448 g/mol. The summed E-state index contributed by atoms with van der Waals surface area (Å²) in [5, 5.41) is 22.8. The molecule has 178 valence electrons. The van der Waals surface area contributed by atoms with E-state index >= 15 is 0 Å². The van der Waals surface area contributed by atoms with E-state index in [0.717, 1.165) is 50.8 Å². The number of nitrogens with zero attached hydrogens (tertiary/aromatic N) is 3. The second-order valence-electron chi connectivity index (χ2n) is 10.1. The molecule has 5 rings (SSSR count). The highest BCUT2D eigenvalue weighted by molar-refractivity contribution is 6.30. The van der Waals surface area contributed by atoms with Gasteiger partial charge in [-0.25, -0.2) is 4.79 Å². The van der Waals surface area contributed by atoms with Crippen LogP contribution in [0.4, 0.5) is 10.5 Å². The second-order valence-corrected chi connectivity index (χ2v) is 10.5. The zero-order valence-corrected chi connectivity index (χ0v) is 20.0. The average Bonchev–Trinajstić information content (AvgIpc) is 3.44. The molecule has 2 unspecified atom stereocenters. The van der Waals surface area contributed by atoms with Crippen LogP contribution in [-0.4, -0.2) is 59.3 Å². The molecule has 2 N–H and O–H groups in total. The van der Waals surface area contributed by atoms with Gasteiger partial charge in [-0.05, 0) is 79.3 Å². The van der Waals surface area contributed by atoms with Crippen LogP contribution >= 0.6 is 11.6 Å². The monoisotopic (exact) mass is 478 g/mol. The molecular formula is C27H31ClN4O2. The van der Waals surface area contributed by atoms with Crippen molar-refractivity contribution < 1.29 is 9.90 Å². The normalized spacial score (nSPS) is 28.1. The lowest BCUT2D eigenvalue weighted by atomic mass is 9.80. The number of aliphatic hydroxyl groups excluding tert-OH is 1. The van der Waals surface area contributed by atoms with Gasteiger partial charge >= 0.3 is 6.03 Å². The van der Waals surface area contributed by atoms with Crippen molar-refractivity contribution in [2.45, 2.75) is 49.7 Å². The molecule has 34 heavy (non-hydrogen) atoms. The Balaban J connectivity index is 1.29. The number of aliphatic hydroxyl groups is 1. The predicted molar refractivity (Wildman–Crippen MR) is 133 cm³/mol. The third kappa shape index (κ3) is 4.79. The minimum atomic E-state index is -0.264. The zero-order valence-electron chi connectivity index (χ0n) is 19.3. The molecule has 6 nitrogen and oxygen atoms in total. The van der Waals surface area contributed by atoms with E-state index in [0.29, 0.717) is 29.7 Å². The highest BCUT2D eigenvalue weighted by Gasteiger charge is 2.58. The number of amides is 2. The molecule has 7 heteroatoms. The van der Waals surface area contributed by atoms with Crippen LogP contribution in [0.25, 0.3) is 0 Å². The van der Waals surface area contributed by atoms with Gasteiger partial charge in [0.05, 0.1) is 17.7 Å². The van der Waals surface area contributed by atoms with Crippen LogP contribution in [0.5, 0.6) is 0 Å². The lowest BCUT2D eigenvalue weighted by molar-refractivity contribution is 0.142. The van der Waals surface area contributed by atoms with Gasteiger partial charge in [0.25, 0.3) is 0 Å². The molecule has 3 aliphatic rings. The van der Waals surface area contributed by atoms with Crippen molar-refractivity contribution in [3.8, 4) is 6.07 Å². The molecule has 0 radical (unpaired) electrons. The molecule has 3 fully saturated rings. The minimum absolute atomic E-state index is 0.0911. The number of benzene rings is 2. The Kier molecular flexibility index (Phi) is 6.52. The fourth-order valence-corrected chi connectivity index (χ4v) is 6.21. The minimum Gasteiger partial charge on any atom is -0.392 e. The van der Waals surface area contributed by atoms with Crippen LogP contribution in [0.15, 0.2) is 48.5 Å². The van der Waals surface area contributed by atoms with Gasteiger partial charge in [0, 0.05) is 42.9 Å². The quantitative estimate of drug-likeness (QED) is 0.634. The number of nitrogens with one attached hydrogen (secondary N) is 1. The Labute approximate surface area is 206 Å². The number of anilines is 1. The fourth-order valence-electron chi connectivity index (χ4n) is 6.02. The molecule has 2 aromatic carbocycles. The molecule has 0 bridgehead atoms. The molecule has 2 aromatic rings. The first-order chi connectivity index (χ1) is 16.5. The summed E-state index contributed by atoms with van der Waals surface area (Å²) in [7, 11) is 0. The number of urea groups is 1. The molecule has 0 spiro atoms. The van der Waals surface area contributed by atoms with Gasteiger partial charge in [-0.1, -0.05) is 29.8 Å². The van der Waals surface area contributed by atoms with Crippen LogP contribution in [0.2, 0.25) is 5.02 Å². The van der Waals surface area contributed by atoms with Crippen LogP contribution in [0.3, 0.4) is 0 Å². The van der Waals surface area contributed by atoms with Crippen molar-refractivity contribution >= 4 is 23.3 Å². The number of rotatable bonds is 6. The van der Waals surface area contributed by atoms with Gasteiger partial charge < -0.3 is 15.3 Å². The Morgan fingerprint density at radius 2 is 2.12 bits per heavy atom. The van der Waals surface area contributed by atoms with E-state index in [1.54, 1.807) is 12.1 Å². The van der Waals surface area contributed by atoms with Crippen LogP contribution in [0.1, 0.15) is 43.2 Å². The van der Waals surface area contributed by atoms with Gasteiger partial charge in [0.1, 0.15) is 0 Å². The van der Waals surface area contributed by atoms with Crippen LogP contribution in [0, 0.1) is 17.2 Å². The first-order valence-corrected chi connectivity index (χ1v) is 12.6. The van der Waals surface area contributed by atoms with Crippen molar-refractivity contribution in [1.82, 2.24) is 9.80 Å². The van der Waals surface area contributed by atoms with Crippen molar-refractivity contribution in [1.29, 1.82) is 5.26 Å². The highest BCUT2D eigenvalue weighted by Crippen LogP contribution is 2.62. The summed E-state index contributed by atoms with van der Waals surface area (Å²) in [4.78, 5) is 17.7. The van der Waals surface area contributed by atoms with Crippen molar-refractivity contribution in [2.24, 2.45) is 5.92 Å². The second kappa shape index (κ2) is 9.58. The Morgan fingerprint density at radius 3 is 2.85 bits per heavy atom. The van der Waals surface area contributed by atoms with Crippen LogP contribution < -0.4 is 5.32 Å². The van der Waals surface area contributed by atoms with Gasteiger partial charge in [-0.15, -0.1) is 0 Å². The van der Waals surface area contributed by atoms with Gasteiger partial charge in [0.15, 0.2) is 0 Å². The first-order valence-electron chi connectivity index (χ1n) is 12.2. The van der Waals surface area contributed by atoms with E-state index < -0.39 is 0 Å². The smallest absolute Gasteiger partial charge is 0.322 e. The highest BCUT2D eigenvalue weighted by atomic mass is 35.5. The lowest BCUT2D eigenvalue weighted by Gasteiger charge is -2.37. The average molecular weight is 479 g/mol. The summed E-state index contributed by atoms with van der Waals surface area (Å²) in [5.41, 5.74) is 2.85. The number of nitriles is 1. The van der Waals surface area contributed by atoms with E-state index in [9.17, 15) is 15.2 Å². The summed E-state index contributed by atoms with van der Waals surface area (Å²) in [6.45, 7) is 2.94. The number of carbonyl (C=O) groups excluding carboxylic acids is 1. The Hall–Kier alpha value is -2.59. The maximum absolute atomic E-state index is 13.4. The topological polar surface area (TPSA) is 79.6 Å². The third-order valence-electron chi connectivity index (χ3n) is 7.96. The van der Waals surface area contributed by atoms with E-state index in [-0.39, 0.29) is 23.6 Å². The number of hydrogen-bond donors (Lipinski definition) is 2. The van der Waals surface area contributed by atoms with E-state index in [1.165, 1.54) is 5.56 Å². The summed E-state index contributed by atoms with van der Waals surface area (Å²) < 4.78 is 0. The van der Waals surface area contributed by atoms with Gasteiger partial charge in [0.2, 0.25) is 0 Å². The molecule has 4 atom stereocenters. The molecule has 1 heterocycles. The number of hydrogen-bond acceptors (Lipinski definition) is 4. The SMILES string of the molecule is N#Cc1cccc([C@]23CCC(N(CCN4CC[C@@H](O)C4)C(=O)Nc4cccc(Cl)c4)CC2C3)c1. The standard InChI is InChI=1S/C27H31ClN4O2/c28-22-5-2-6-23(15-22)30-26(34)32(12-11-31-10-8-25(33)18-31)24-7-9-27(16-21(27)14-24)20-4-1-3-19(13-20)17-29/h1-6,13,15,21,24-25,33H,7-12,14,16,18H2,(H,30,34)/t21?,24?,25-,27-/m1/s1. The largest absolute Gasteiger partial charge is 0.392 e. The van der Waals surface area contributed by atoms with Crippen molar-refractivity contribution in [3.05, 3.63) is 64.7 Å². The molecule has 1 aliphatic heterocycles. The first kappa shape index (κ1) is 23.2. The van der Waals surface area contributed by atoms with E-state index in [2.05, 4.69) is 22.4 Å². The molecule has 0 aromatic heterocycles. The number of β-amino-alcohol motifs (C(OH)–C–C–N with tert-alkyl or cyclic N) is 1. The number of fused-ring (bicyclic) bond motifs is 1. The zero-order chi connectivity index (χ0) is 23.7. The number of likely N-dealkylation sites (tertiary alicyclic amines) is 1. The fraction of sp³-hybridized carbons (Fsp3) is 0.481. The molecule has 2 aliphatic carbocycles. The molecule has 2 saturated carbocycles. The molecule has 2 amide bonds. The Morgan fingerprint density at radius 1 is 1.26 bits per heavy atom. The van der Waals surface area contributed by atoms with Crippen molar-refractivity contribution in [2.75, 3.05) is 31.5 Å². The summed E-state index contributed by atoms with van der Waals surface area (Å²) in [5.74, 6) is 0.537. The summed E-state index contributed by atoms with van der Waals surface area (Å²) in [6, 6.07) is 17.6. The molecule has 1 saturated heterocycles. The third-order valence-corrected chi connectivity index (χ3v) is 8.20. The van der Waals surface area contributed by atoms with Gasteiger partial charge in [-0.3, -0.25) is 4.90 Å². The summed E-state index contributed by atoms with van der Waals surface area (Å²) in [6.07, 6.45) is 4.60. The maximum Gasteiger partial charge on any atom is 0.322 e. The van der Waals surface area contributed by atoms with E-state index in [4.69, 9.17) is 11.6 Å². The van der Waals surface area contributed by atoms with Gasteiger partial charge in [-0.2, -0.15) is 5.26 Å².